The zero-order valence-corrected chi connectivity index (χ0v) is 14.8. The van der Waals surface area contributed by atoms with Crippen molar-refractivity contribution in [2.75, 3.05) is 20.3 Å². The maximum absolute atomic E-state index is 5.74. The van der Waals surface area contributed by atoms with Gasteiger partial charge in [-0.05, 0) is 46.6 Å². The molecule has 0 spiro atoms. The summed E-state index contributed by atoms with van der Waals surface area (Å²) in [5.74, 6) is 0. The van der Waals surface area contributed by atoms with Crippen LogP contribution in [0.5, 0.6) is 0 Å². The molecule has 0 N–H and O–H groups in total. The summed E-state index contributed by atoms with van der Waals surface area (Å²) in [4.78, 5) is 4.41. The van der Waals surface area contributed by atoms with Gasteiger partial charge >= 0.3 is 0 Å². The Kier molecular flexibility index (Phi) is 12.4. The lowest BCUT2D eigenvalue weighted by molar-refractivity contribution is 0.134. The number of methoxy groups -OCH3 is 1. The summed E-state index contributed by atoms with van der Waals surface area (Å²) in [6.45, 7) is 13.1. The molecule has 0 aliphatic heterocycles. The molecule has 0 radical (unpaired) electrons. The molecule has 0 rings (SSSR count). The predicted octanol–water partition coefficient (Wildman–Crippen LogP) is 4.87. The van der Waals surface area contributed by atoms with Crippen molar-refractivity contribution in [3.8, 4) is 0 Å². The number of rotatable bonds is 11. The van der Waals surface area contributed by atoms with E-state index in [4.69, 9.17) is 9.47 Å². The Morgan fingerprint density at radius 3 is 2.50 bits per heavy atom. The van der Waals surface area contributed by atoms with Crippen LogP contribution in [0.15, 0.2) is 52.7 Å². The second-order valence-corrected chi connectivity index (χ2v) is 5.38. The minimum atomic E-state index is 0.128. The fraction of sp³-hybridized carbons (Fsp3) is 0.526. The van der Waals surface area contributed by atoms with Crippen molar-refractivity contribution >= 4 is 6.21 Å². The fourth-order valence-electron chi connectivity index (χ4n) is 1.72. The average molecular weight is 305 g/mol. The largest absolute Gasteiger partial charge is 0.377 e. The minimum absolute atomic E-state index is 0.128. The van der Waals surface area contributed by atoms with Crippen LogP contribution < -0.4 is 0 Å². The molecule has 0 bridgehead atoms. The summed E-state index contributed by atoms with van der Waals surface area (Å²) in [5, 5.41) is 0. The third-order valence-electron chi connectivity index (χ3n) is 3.16. The van der Waals surface area contributed by atoms with Crippen molar-refractivity contribution in [1.82, 2.24) is 0 Å². The SMILES string of the molecule is C=CC(CC/C=C(/C)COCC(N=C/C=C\C)=C(C)C)OC. The fourth-order valence-corrected chi connectivity index (χ4v) is 1.72. The highest BCUT2D eigenvalue weighted by Crippen LogP contribution is 2.08. The van der Waals surface area contributed by atoms with E-state index in [-0.39, 0.29) is 6.10 Å². The molecule has 0 aromatic rings. The molecule has 0 aromatic heterocycles. The van der Waals surface area contributed by atoms with E-state index in [0.717, 1.165) is 18.5 Å². The second-order valence-electron chi connectivity index (χ2n) is 5.38. The zero-order valence-electron chi connectivity index (χ0n) is 14.8. The lowest BCUT2D eigenvalue weighted by Gasteiger charge is -2.09. The molecule has 3 heteroatoms. The second kappa shape index (κ2) is 13.2. The van der Waals surface area contributed by atoms with Crippen LogP contribution in [0.4, 0.5) is 0 Å². The zero-order chi connectivity index (χ0) is 16.8. The summed E-state index contributed by atoms with van der Waals surface area (Å²) < 4.78 is 11.0. The van der Waals surface area contributed by atoms with Gasteiger partial charge in [0.15, 0.2) is 0 Å². The van der Waals surface area contributed by atoms with Gasteiger partial charge < -0.3 is 9.47 Å². The monoisotopic (exact) mass is 305 g/mol. The first-order chi connectivity index (χ1) is 10.5. The highest BCUT2D eigenvalue weighted by atomic mass is 16.5. The van der Waals surface area contributed by atoms with Crippen molar-refractivity contribution in [3.63, 3.8) is 0 Å². The van der Waals surface area contributed by atoms with E-state index in [1.807, 2.05) is 25.2 Å². The molecular formula is C19H31NO2. The standard InChI is InChI=1S/C19H31NO2/c1-7-9-13-20-19(16(3)4)15-22-14-17(5)11-10-12-18(8-2)21-6/h7-9,11,13,18H,2,10,12,14-15H2,1,3-6H3/b9-7-,17-11-,20-13?. The van der Waals surface area contributed by atoms with Gasteiger partial charge in [-0.3, -0.25) is 4.99 Å². The Labute approximate surface area is 136 Å². The first kappa shape index (κ1) is 20.6. The van der Waals surface area contributed by atoms with Gasteiger partial charge in [-0.15, -0.1) is 6.58 Å². The molecule has 0 fully saturated rings. The minimum Gasteiger partial charge on any atom is -0.377 e. The van der Waals surface area contributed by atoms with E-state index >= 15 is 0 Å². The van der Waals surface area contributed by atoms with Gasteiger partial charge in [-0.1, -0.05) is 29.4 Å². The third-order valence-corrected chi connectivity index (χ3v) is 3.16. The van der Waals surface area contributed by atoms with Crippen molar-refractivity contribution in [3.05, 3.63) is 47.7 Å². The van der Waals surface area contributed by atoms with Crippen molar-refractivity contribution in [2.45, 2.75) is 46.6 Å². The molecule has 0 aliphatic carbocycles. The molecule has 1 unspecified atom stereocenters. The molecule has 0 saturated carbocycles. The van der Waals surface area contributed by atoms with Crippen LogP contribution in [0.3, 0.4) is 0 Å². The molecule has 3 nitrogen and oxygen atoms in total. The van der Waals surface area contributed by atoms with Crippen molar-refractivity contribution in [1.29, 1.82) is 0 Å². The van der Waals surface area contributed by atoms with E-state index in [2.05, 4.69) is 38.4 Å². The van der Waals surface area contributed by atoms with Crippen LogP contribution in [0.1, 0.15) is 40.5 Å². The number of hydrogen-bond donors (Lipinski definition) is 0. The van der Waals surface area contributed by atoms with Gasteiger partial charge in [-0.2, -0.15) is 0 Å². The normalized spacial score (nSPS) is 13.8. The average Bonchev–Trinajstić information content (AvgIpc) is 2.50. The summed E-state index contributed by atoms with van der Waals surface area (Å²) in [5.41, 5.74) is 3.39. The number of aliphatic imine (C=N–C) groups is 1. The highest BCUT2D eigenvalue weighted by Gasteiger charge is 2.01. The van der Waals surface area contributed by atoms with Gasteiger partial charge in [0.05, 0.1) is 25.0 Å². The molecule has 1 atom stereocenters. The molecular weight excluding hydrogens is 274 g/mol. The number of nitrogens with zero attached hydrogens (tertiary/aromatic N) is 1. The van der Waals surface area contributed by atoms with E-state index in [1.54, 1.807) is 13.3 Å². The summed E-state index contributed by atoms with van der Waals surface area (Å²) in [6, 6.07) is 0. The molecule has 0 aliphatic rings. The Hall–Kier alpha value is -1.45. The van der Waals surface area contributed by atoms with Crippen LogP contribution in [-0.2, 0) is 9.47 Å². The van der Waals surface area contributed by atoms with E-state index in [0.29, 0.717) is 13.2 Å². The number of allylic oxidation sites excluding steroid dienone is 4. The van der Waals surface area contributed by atoms with Gasteiger partial charge in [0, 0.05) is 13.3 Å². The van der Waals surface area contributed by atoms with Crippen molar-refractivity contribution < 1.29 is 9.47 Å². The quantitative estimate of drug-likeness (QED) is 0.403. The molecule has 0 aromatic carbocycles. The van der Waals surface area contributed by atoms with E-state index in [1.165, 1.54) is 11.1 Å². The van der Waals surface area contributed by atoms with Gasteiger partial charge in [0.1, 0.15) is 0 Å². The third kappa shape index (κ3) is 10.3. The molecule has 0 heterocycles. The van der Waals surface area contributed by atoms with Gasteiger partial charge in [-0.25, -0.2) is 0 Å². The van der Waals surface area contributed by atoms with Crippen molar-refractivity contribution in [2.24, 2.45) is 4.99 Å². The number of ether oxygens (including phenoxy) is 2. The predicted molar refractivity (Wildman–Crippen MR) is 96.5 cm³/mol. The maximum atomic E-state index is 5.74. The number of hydrogen-bond acceptors (Lipinski definition) is 3. The first-order valence-electron chi connectivity index (χ1n) is 7.75. The van der Waals surface area contributed by atoms with Crippen LogP contribution in [0.25, 0.3) is 0 Å². The van der Waals surface area contributed by atoms with Crippen LogP contribution in [0.2, 0.25) is 0 Å². The molecule has 0 saturated heterocycles. The summed E-state index contributed by atoms with van der Waals surface area (Å²) >= 11 is 0. The van der Waals surface area contributed by atoms with Crippen LogP contribution in [0, 0.1) is 0 Å². The molecule has 0 amide bonds. The highest BCUT2D eigenvalue weighted by molar-refractivity contribution is 5.72. The van der Waals surface area contributed by atoms with Gasteiger partial charge in [0.2, 0.25) is 0 Å². The van der Waals surface area contributed by atoms with Crippen LogP contribution in [-0.4, -0.2) is 32.6 Å². The van der Waals surface area contributed by atoms with Crippen LogP contribution >= 0.6 is 0 Å². The maximum Gasteiger partial charge on any atom is 0.0891 e. The van der Waals surface area contributed by atoms with E-state index in [9.17, 15) is 0 Å². The molecule has 124 valence electrons. The Balaban J connectivity index is 4.20. The summed E-state index contributed by atoms with van der Waals surface area (Å²) in [6.07, 6.45) is 11.7. The lowest BCUT2D eigenvalue weighted by atomic mass is 10.1. The Bertz CT molecular complexity index is 427. The summed E-state index contributed by atoms with van der Waals surface area (Å²) in [7, 11) is 1.71. The van der Waals surface area contributed by atoms with Gasteiger partial charge in [0.25, 0.3) is 0 Å². The molecule has 22 heavy (non-hydrogen) atoms. The first-order valence-corrected chi connectivity index (χ1v) is 7.75. The Morgan fingerprint density at radius 2 is 1.95 bits per heavy atom. The lowest BCUT2D eigenvalue weighted by Crippen LogP contribution is -2.05. The van der Waals surface area contributed by atoms with E-state index < -0.39 is 0 Å². The smallest absolute Gasteiger partial charge is 0.0891 e. The topological polar surface area (TPSA) is 30.8 Å². The Morgan fingerprint density at radius 1 is 1.23 bits per heavy atom.